The van der Waals surface area contributed by atoms with Crippen LogP contribution in [0.3, 0.4) is 0 Å². The zero-order valence-corrected chi connectivity index (χ0v) is 17.6. The highest BCUT2D eigenvalue weighted by atomic mass is 35.5. The van der Waals surface area contributed by atoms with Crippen LogP contribution < -0.4 is 10.0 Å². The number of nitrogens with one attached hydrogen (secondary N) is 2. The molecule has 150 valence electrons. The summed E-state index contributed by atoms with van der Waals surface area (Å²) in [5.41, 5.74) is 3.66. The number of hydrogen-bond acceptors (Lipinski definition) is 3. The Kier molecular flexibility index (Phi) is 6.25. The van der Waals surface area contributed by atoms with Gasteiger partial charge in [-0.25, -0.2) is 8.42 Å². The fraction of sp³-hybridized carbons (Fsp3) is 0.136. The van der Waals surface area contributed by atoms with Gasteiger partial charge in [-0.05, 0) is 67.4 Å². The van der Waals surface area contributed by atoms with Crippen LogP contribution >= 0.6 is 11.6 Å². The highest BCUT2D eigenvalue weighted by Gasteiger charge is 2.16. The average molecular weight is 429 g/mol. The molecule has 0 unspecified atom stereocenters. The van der Waals surface area contributed by atoms with Gasteiger partial charge in [0.25, 0.3) is 15.9 Å². The Morgan fingerprint density at radius 3 is 2.34 bits per heavy atom. The first kappa shape index (κ1) is 20.9. The zero-order chi connectivity index (χ0) is 21.0. The number of rotatable bonds is 6. The number of halogens is 1. The van der Waals surface area contributed by atoms with Gasteiger partial charge in [-0.15, -0.1) is 0 Å². The number of anilines is 1. The van der Waals surface area contributed by atoms with E-state index in [0.29, 0.717) is 28.4 Å². The first-order valence-corrected chi connectivity index (χ1v) is 10.8. The summed E-state index contributed by atoms with van der Waals surface area (Å²) >= 11 is 5.81. The van der Waals surface area contributed by atoms with Crippen LogP contribution in [0, 0.1) is 13.8 Å². The lowest BCUT2D eigenvalue weighted by Crippen LogP contribution is -2.23. The third-order valence-corrected chi connectivity index (χ3v) is 6.03. The van der Waals surface area contributed by atoms with E-state index < -0.39 is 10.0 Å². The normalized spacial score (nSPS) is 11.1. The predicted molar refractivity (Wildman–Crippen MR) is 116 cm³/mol. The van der Waals surface area contributed by atoms with Gasteiger partial charge in [0.1, 0.15) is 0 Å². The summed E-state index contributed by atoms with van der Waals surface area (Å²) in [6.45, 7) is 4.17. The van der Waals surface area contributed by atoms with E-state index in [1.165, 1.54) is 24.3 Å². The molecular weight excluding hydrogens is 408 g/mol. The lowest BCUT2D eigenvalue weighted by Gasteiger charge is -2.12. The molecule has 7 heteroatoms. The molecule has 0 spiro atoms. The van der Waals surface area contributed by atoms with Gasteiger partial charge in [0.15, 0.2) is 0 Å². The Bertz CT molecular complexity index is 1140. The maximum atomic E-state index is 12.5. The lowest BCUT2D eigenvalue weighted by atomic mass is 10.1. The zero-order valence-electron chi connectivity index (χ0n) is 16.1. The molecule has 0 bridgehead atoms. The van der Waals surface area contributed by atoms with Crippen LogP contribution in [0.1, 0.15) is 27.0 Å². The summed E-state index contributed by atoms with van der Waals surface area (Å²) in [4.78, 5) is 12.6. The number of amides is 1. The molecular formula is C22H21ClN2O3S. The molecule has 3 rings (SSSR count). The van der Waals surface area contributed by atoms with Crippen molar-refractivity contribution >= 4 is 33.2 Å². The van der Waals surface area contributed by atoms with Crippen molar-refractivity contribution in [2.45, 2.75) is 25.3 Å². The Balaban J connectivity index is 1.71. The number of carbonyl (C=O) groups excluding carboxylic acids is 1. The third-order valence-electron chi connectivity index (χ3n) is 4.39. The molecule has 29 heavy (non-hydrogen) atoms. The molecule has 1 amide bonds. The van der Waals surface area contributed by atoms with Crippen LogP contribution in [0.15, 0.2) is 71.6 Å². The van der Waals surface area contributed by atoms with Crippen molar-refractivity contribution in [3.63, 3.8) is 0 Å². The first-order valence-electron chi connectivity index (χ1n) is 8.97. The smallest absolute Gasteiger partial charge is 0.261 e. The van der Waals surface area contributed by atoms with Crippen molar-refractivity contribution in [2.75, 3.05) is 4.72 Å². The maximum Gasteiger partial charge on any atom is 0.261 e. The standard InChI is InChI=1S/C22H21ClN2O3S/c1-15-4-3-5-17(12-15)14-24-22(26)18-6-11-21(16(2)13-18)25-29(27,28)20-9-7-19(23)8-10-20/h3-13,25H,14H2,1-2H3,(H,24,26). The summed E-state index contributed by atoms with van der Waals surface area (Å²) < 4.78 is 27.6. The lowest BCUT2D eigenvalue weighted by molar-refractivity contribution is 0.0951. The Hall–Kier alpha value is -2.83. The predicted octanol–water partition coefficient (Wildman–Crippen LogP) is 4.69. The van der Waals surface area contributed by atoms with Crippen LogP contribution in [-0.2, 0) is 16.6 Å². The molecule has 0 aliphatic heterocycles. The second kappa shape index (κ2) is 8.68. The van der Waals surface area contributed by atoms with E-state index in [1.807, 2.05) is 31.2 Å². The van der Waals surface area contributed by atoms with Crippen molar-refractivity contribution < 1.29 is 13.2 Å². The van der Waals surface area contributed by atoms with E-state index in [2.05, 4.69) is 10.0 Å². The SMILES string of the molecule is Cc1cccc(CNC(=O)c2ccc(NS(=O)(=O)c3ccc(Cl)cc3)c(C)c2)c1. The van der Waals surface area contributed by atoms with Gasteiger partial charge in [-0.1, -0.05) is 41.4 Å². The van der Waals surface area contributed by atoms with E-state index in [4.69, 9.17) is 11.6 Å². The Labute approximate surface area is 175 Å². The first-order chi connectivity index (χ1) is 13.7. The number of sulfonamides is 1. The monoisotopic (exact) mass is 428 g/mol. The molecule has 0 atom stereocenters. The van der Waals surface area contributed by atoms with Crippen molar-refractivity contribution in [3.8, 4) is 0 Å². The van der Waals surface area contributed by atoms with Gasteiger partial charge in [-0.3, -0.25) is 9.52 Å². The number of aryl methyl sites for hydroxylation is 2. The minimum atomic E-state index is -3.75. The maximum absolute atomic E-state index is 12.5. The number of carbonyl (C=O) groups is 1. The second-order valence-corrected chi connectivity index (χ2v) is 8.88. The van der Waals surface area contributed by atoms with Crippen LogP contribution in [0.4, 0.5) is 5.69 Å². The second-order valence-electron chi connectivity index (χ2n) is 6.76. The summed E-state index contributed by atoms with van der Waals surface area (Å²) in [5, 5.41) is 3.34. The van der Waals surface area contributed by atoms with Crippen LogP contribution in [0.5, 0.6) is 0 Å². The minimum Gasteiger partial charge on any atom is -0.348 e. The highest BCUT2D eigenvalue weighted by Crippen LogP contribution is 2.22. The molecule has 3 aromatic carbocycles. The summed E-state index contributed by atoms with van der Waals surface area (Å²) in [6, 6.07) is 18.7. The summed E-state index contributed by atoms with van der Waals surface area (Å²) in [6.07, 6.45) is 0. The quantitative estimate of drug-likeness (QED) is 0.598. The molecule has 3 aromatic rings. The Morgan fingerprint density at radius 1 is 0.966 bits per heavy atom. The molecule has 5 nitrogen and oxygen atoms in total. The van der Waals surface area contributed by atoms with Crippen molar-refractivity contribution in [3.05, 3.63) is 94.0 Å². The highest BCUT2D eigenvalue weighted by molar-refractivity contribution is 7.92. The Morgan fingerprint density at radius 2 is 1.69 bits per heavy atom. The van der Waals surface area contributed by atoms with E-state index >= 15 is 0 Å². The minimum absolute atomic E-state index is 0.112. The van der Waals surface area contributed by atoms with Gasteiger partial charge in [0, 0.05) is 17.1 Å². The van der Waals surface area contributed by atoms with Crippen molar-refractivity contribution in [1.82, 2.24) is 5.32 Å². The van der Waals surface area contributed by atoms with Gasteiger partial charge < -0.3 is 5.32 Å². The van der Waals surface area contributed by atoms with Crippen molar-refractivity contribution in [1.29, 1.82) is 0 Å². The molecule has 0 fully saturated rings. The molecule has 0 aliphatic carbocycles. The third kappa shape index (κ3) is 5.37. The van der Waals surface area contributed by atoms with E-state index in [1.54, 1.807) is 25.1 Å². The van der Waals surface area contributed by atoms with E-state index in [0.717, 1.165) is 11.1 Å². The number of benzene rings is 3. The molecule has 0 saturated heterocycles. The van der Waals surface area contributed by atoms with Crippen LogP contribution in [0.2, 0.25) is 5.02 Å². The summed E-state index contributed by atoms with van der Waals surface area (Å²) in [7, 11) is -3.75. The molecule has 0 aliphatic rings. The number of hydrogen-bond donors (Lipinski definition) is 2. The topological polar surface area (TPSA) is 75.3 Å². The largest absolute Gasteiger partial charge is 0.348 e. The summed E-state index contributed by atoms with van der Waals surface area (Å²) in [5.74, 6) is -0.221. The van der Waals surface area contributed by atoms with Gasteiger partial charge in [-0.2, -0.15) is 0 Å². The van der Waals surface area contributed by atoms with Gasteiger partial charge >= 0.3 is 0 Å². The van der Waals surface area contributed by atoms with Crippen LogP contribution in [-0.4, -0.2) is 14.3 Å². The van der Waals surface area contributed by atoms with E-state index in [9.17, 15) is 13.2 Å². The molecule has 0 radical (unpaired) electrons. The molecule has 2 N–H and O–H groups in total. The van der Waals surface area contributed by atoms with Crippen molar-refractivity contribution in [2.24, 2.45) is 0 Å². The molecule has 0 saturated carbocycles. The fourth-order valence-corrected chi connectivity index (χ4v) is 4.10. The van der Waals surface area contributed by atoms with Gasteiger partial charge in [0.2, 0.25) is 0 Å². The molecule has 0 heterocycles. The molecule has 0 aromatic heterocycles. The van der Waals surface area contributed by atoms with Crippen LogP contribution in [0.25, 0.3) is 0 Å². The fourth-order valence-electron chi connectivity index (χ4n) is 2.84. The average Bonchev–Trinajstić information content (AvgIpc) is 2.68. The van der Waals surface area contributed by atoms with Gasteiger partial charge in [0.05, 0.1) is 10.6 Å². The van der Waals surface area contributed by atoms with E-state index in [-0.39, 0.29) is 10.8 Å².